The fourth-order valence-electron chi connectivity index (χ4n) is 1.67. The van der Waals surface area contributed by atoms with Crippen LogP contribution in [0.1, 0.15) is 39.0 Å². The Labute approximate surface area is 113 Å². The standard InChI is InChI=1S/C11H17Br2NO2/c1-2-3-4-5-6-8-7-11(16,10(12)13)14-9(8)15/h7,10,16H,2-6H2,1H3,(H,14,15). The number of aliphatic hydroxyl groups is 1. The summed E-state index contributed by atoms with van der Waals surface area (Å²) < 4.78 is -0.371. The van der Waals surface area contributed by atoms with Gasteiger partial charge in [0.05, 0.1) is 0 Å². The first-order chi connectivity index (χ1) is 7.49. The monoisotopic (exact) mass is 353 g/mol. The molecular formula is C11H17Br2NO2. The van der Waals surface area contributed by atoms with Crippen molar-refractivity contribution >= 4 is 37.8 Å². The smallest absolute Gasteiger partial charge is 0.249 e. The van der Waals surface area contributed by atoms with Gasteiger partial charge in [-0.05, 0) is 18.9 Å². The molecular weight excluding hydrogens is 338 g/mol. The van der Waals surface area contributed by atoms with Crippen molar-refractivity contribution in [1.29, 1.82) is 0 Å². The molecule has 92 valence electrons. The van der Waals surface area contributed by atoms with E-state index in [0.29, 0.717) is 5.57 Å². The summed E-state index contributed by atoms with van der Waals surface area (Å²) in [5.74, 6) is -0.164. The van der Waals surface area contributed by atoms with Crippen LogP contribution in [0.15, 0.2) is 11.6 Å². The maximum Gasteiger partial charge on any atom is 0.249 e. The lowest BCUT2D eigenvalue weighted by molar-refractivity contribution is -0.120. The van der Waals surface area contributed by atoms with E-state index in [0.717, 1.165) is 19.3 Å². The molecule has 5 heteroatoms. The number of rotatable bonds is 6. The molecule has 1 amide bonds. The summed E-state index contributed by atoms with van der Waals surface area (Å²) in [6.45, 7) is 2.15. The van der Waals surface area contributed by atoms with Crippen molar-refractivity contribution in [3.8, 4) is 0 Å². The molecule has 0 aliphatic carbocycles. The minimum atomic E-state index is -1.29. The Kier molecular flexibility index (Phi) is 5.47. The minimum Gasteiger partial charge on any atom is -0.366 e. The fraction of sp³-hybridized carbons (Fsp3) is 0.727. The predicted molar refractivity (Wildman–Crippen MR) is 71.6 cm³/mol. The second kappa shape index (κ2) is 6.17. The largest absolute Gasteiger partial charge is 0.366 e. The zero-order valence-electron chi connectivity index (χ0n) is 9.30. The minimum absolute atomic E-state index is 0.164. The van der Waals surface area contributed by atoms with E-state index in [1.807, 2.05) is 0 Å². The molecule has 2 N–H and O–H groups in total. The van der Waals surface area contributed by atoms with Crippen molar-refractivity contribution in [1.82, 2.24) is 5.32 Å². The summed E-state index contributed by atoms with van der Waals surface area (Å²) in [7, 11) is 0. The summed E-state index contributed by atoms with van der Waals surface area (Å²) in [6.07, 6.45) is 6.85. The third-order valence-corrected chi connectivity index (χ3v) is 4.03. The first kappa shape index (κ1) is 14.2. The van der Waals surface area contributed by atoms with Gasteiger partial charge in [-0.2, -0.15) is 0 Å². The van der Waals surface area contributed by atoms with Crippen LogP contribution < -0.4 is 5.32 Å². The van der Waals surface area contributed by atoms with Gasteiger partial charge in [-0.25, -0.2) is 0 Å². The van der Waals surface area contributed by atoms with Crippen LogP contribution in [0, 0.1) is 0 Å². The first-order valence-corrected chi connectivity index (χ1v) is 7.37. The lowest BCUT2D eigenvalue weighted by Crippen LogP contribution is -2.46. The zero-order chi connectivity index (χ0) is 12.2. The van der Waals surface area contributed by atoms with Gasteiger partial charge in [0.25, 0.3) is 0 Å². The highest BCUT2D eigenvalue weighted by Crippen LogP contribution is 2.30. The van der Waals surface area contributed by atoms with E-state index in [9.17, 15) is 9.90 Å². The van der Waals surface area contributed by atoms with E-state index in [1.165, 1.54) is 12.8 Å². The number of alkyl halides is 2. The summed E-state index contributed by atoms with van der Waals surface area (Å²) >= 11 is 6.43. The van der Waals surface area contributed by atoms with Crippen molar-refractivity contribution in [2.75, 3.05) is 0 Å². The van der Waals surface area contributed by atoms with E-state index in [4.69, 9.17) is 0 Å². The molecule has 1 unspecified atom stereocenters. The van der Waals surface area contributed by atoms with Gasteiger partial charge in [0, 0.05) is 5.57 Å². The molecule has 0 aromatic heterocycles. The Bertz CT molecular complexity index is 292. The average Bonchev–Trinajstić information content (AvgIpc) is 2.50. The van der Waals surface area contributed by atoms with Gasteiger partial charge in [-0.3, -0.25) is 4.79 Å². The third kappa shape index (κ3) is 3.57. The second-order valence-corrected chi connectivity index (χ2v) is 7.12. The summed E-state index contributed by atoms with van der Waals surface area (Å²) in [5.41, 5.74) is -0.612. The molecule has 0 saturated carbocycles. The Morgan fingerprint density at radius 1 is 1.44 bits per heavy atom. The molecule has 0 bridgehead atoms. The maximum absolute atomic E-state index is 11.6. The van der Waals surface area contributed by atoms with Crippen LogP contribution in [0.2, 0.25) is 0 Å². The number of amides is 1. The summed E-state index contributed by atoms with van der Waals surface area (Å²) in [5, 5.41) is 12.6. The molecule has 0 saturated heterocycles. The normalized spacial score (nSPS) is 24.8. The van der Waals surface area contributed by atoms with Crippen molar-refractivity contribution in [3.63, 3.8) is 0 Å². The number of carbonyl (C=O) groups excluding carboxylic acids is 1. The third-order valence-electron chi connectivity index (χ3n) is 2.63. The van der Waals surface area contributed by atoms with Gasteiger partial charge >= 0.3 is 0 Å². The summed E-state index contributed by atoms with van der Waals surface area (Å²) in [4.78, 5) is 11.6. The zero-order valence-corrected chi connectivity index (χ0v) is 12.5. The Morgan fingerprint density at radius 2 is 2.12 bits per heavy atom. The number of halogens is 2. The molecule has 1 aliphatic rings. The fourth-order valence-corrected chi connectivity index (χ4v) is 2.17. The van der Waals surface area contributed by atoms with Crippen LogP contribution in [-0.2, 0) is 4.79 Å². The van der Waals surface area contributed by atoms with E-state index in [1.54, 1.807) is 6.08 Å². The molecule has 3 nitrogen and oxygen atoms in total. The Balaban J connectivity index is 2.50. The SMILES string of the molecule is CCCCCCC1=CC(O)(C(Br)Br)NC1=O. The van der Waals surface area contributed by atoms with Crippen molar-refractivity contribution < 1.29 is 9.90 Å². The van der Waals surface area contributed by atoms with Crippen LogP contribution in [-0.4, -0.2) is 20.5 Å². The Hall–Kier alpha value is 0.130. The van der Waals surface area contributed by atoms with Crippen molar-refractivity contribution in [3.05, 3.63) is 11.6 Å². The lowest BCUT2D eigenvalue weighted by Gasteiger charge is -2.22. The van der Waals surface area contributed by atoms with Crippen LogP contribution >= 0.6 is 31.9 Å². The van der Waals surface area contributed by atoms with Gasteiger partial charge < -0.3 is 10.4 Å². The molecule has 16 heavy (non-hydrogen) atoms. The molecule has 0 aromatic rings. The van der Waals surface area contributed by atoms with Crippen LogP contribution in [0.5, 0.6) is 0 Å². The van der Waals surface area contributed by atoms with Gasteiger partial charge in [0.2, 0.25) is 5.91 Å². The summed E-state index contributed by atoms with van der Waals surface area (Å²) in [6, 6.07) is 0. The van der Waals surface area contributed by atoms with Gasteiger partial charge in [0.15, 0.2) is 5.72 Å². The van der Waals surface area contributed by atoms with Gasteiger partial charge in [-0.15, -0.1) is 0 Å². The highest BCUT2D eigenvalue weighted by Gasteiger charge is 2.39. The molecule has 0 aromatic carbocycles. The lowest BCUT2D eigenvalue weighted by atomic mass is 10.1. The van der Waals surface area contributed by atoms with E-state index < -0.39 is 5.72 Å². The average molecular weight is 355 g/mol. The first-order valence-electron chi connectivity index (χ1n) is 5.54. The molecule has 1 heterocycles. The molecule has 0 spiro atoms. The number of nitrogens with one attached hydrogen (secondary N) is 1. The molecule has 1 rings (SSSR count). The molecule has 1 aliphatic heterocycles. The number of hydrogen-bond acceptors (Lipinski definition) is 2. The quantitative estimate of drug-likeness (QED) is 0.569. The van der Waals surface area contributed by atoms with E-state index in [2.05, 4.69) is 44.1 Å². The topological polar surface area (TPSA) is 49.3 Å². The van der Waals surface area contributed by atoms with E-state index in [-0.39, 0.29) is 9.64 Å². The number of unbranched alkanes of at least 4 members (excludes halogenated alkanes) is 3. The highest BCUT2D eigenvalue weighted by molar-refractivity contribution is 9.24. The van der Waals surface area contributed by atoms with Crippen LogP contribution in [0.25, 0.3) is 0 Å². The van der Waals surface area contributed by atoms with Gasteiger partial charge in [0.1, 0.15) is 3.74 Å². The number of carbonyl (C=O) groups is 1. The van der Waals surface area contributed by atoms with E-state index >= 15 is 0 Å². The van der Waals surface area contributed by atoms with Crippen LogP contribution in [0.3, 0.4) is 0 Å². The highest BCUT2D eigenvalue weighted by atomic mass is 79.9. The maximum atomic E-state index is 11.6. The van der Waals surface area contributed by atoms with Crippen molar-refractivity contribution in [2.45, 2.75) is 48.5 Å². The van der Waals surface area contributed by atoms with Crippen LogP contribution in [0.4, 0.5) is 0 Å². The predicted octanol–water partition coefficient (Wildman–Crippen LogP) is 2.82. The van der Waals surface area contributed by atoms with Gasteiger partial charge in [-0.1, -0.05) is 58.0 Å². The second-order valence-electron chi connectivity index (χ2n) is 4.06. The molecule has 1 atom stereocenters. The Morgan fingerprint density at radius 3 is 2.62 bits per heavy atom. The number of hydrogen-bond donors (Lipinski definition) is 2. The molecule has 0 radical (unpaired) electrons. The molecule has 0 fully saturated rings. The van der Waals surface area contributed by atoms with Crippen molar-refractivity contribution in [2.24, 2.45) is 0 Å².